The molecule has 0 aliphatic carbocycles. The minimum atomic E-state index is -0.523. The van der Waals surface area contributed by atoms with Crippen molar-refractivity contribution in [3.63, 3.8) is 0 Å². The average molecular weight is 518 g/mol. The fourth-order valence-electron chi connectivity index (χ4n) is 2.52. The number of hydrogen-bond acceptors (Lipinski definition) is 6. The minimum absolute atomic E-state index is 0.202. The van der Waals surface area contributed by atoms with Gasteiger partial charge in [-0.05, 0) is 76.1 Å². The number of esters is 1. The van der Waals surface area contributed by atoms with Gasteiger partial charge in [-0.3, -0.25) is 4.79 Å². The number of methoxy groups -OCH3 is 1. The van der Waals surface area contributed by atoms with Gasteiger partial charge >= 0.3 is 5.97 Å². The Morgan fingerprint density at radius 3 is 2.53 bits per heavy atom. The number of ether oxygens (including phenoxy) is 3. The van der Waals surface area contributed by atoms with Crippen LogP contribution in [0.4, 0.5) is 0 Å². The summed E-state index contributed by atoms with van der Waals surface area (Å²) in [5, 5.41) is 4.48. The van der Waals surface area contributed by atoms with E-state index in [-0.39, 0.29) is 12.4 Å². The Hall–Kier alpha value is -3.36. The first-order valence-electron chi connectivity index (χ1n) is 9.31. The van der Waals surface area contributed by atoms with Gasteiger partial charge in [-0.25, -0.2) is 10.2 Å². The Kier molecular flexibility index (Phi) is 8.24. The zero-order valence-corrected chi connectivity index (χ0v) is 19.2. The van der Waals surface area contributed by atoms with Crippen LogP contribution >= 0.6 is 27.5 Å². The van der Waals surface area contributed by atoms with Crippen molar-refractivity contribution >= 4 is 45.6 Å². The largest absolute Gasteiger partial charge is 0.493 e. The number of hydrazone groups is 1. The highest BCUT2D eigenvalue weighted by Crippen LogP contribution is 2.29. The molecule has 0 aromatic heterocycles. The van der Waals surface area contributed by atoms with Crippen LogP contribution in [0, 0.1) is 0 Å². The molecule has 0 fully saturated rings. The lowest BCUT2D eigenvalue weighted by Gasteiger charge is -2.10. The van der Waals surface area contributed by atoms with E-state index in [2.05, 4.69) is 26.5 Å². The molecule has 3 aromatic rings. The molecule has 9 heteroatoms. The first kappa shape index (κ1) is 23.3. The molecule has 0 heterocycles. The van der Waals surface area contributed by atoms with Crippen molar-refractivity contribution in [2.24, 2.45) is 5.10 Å². The Morgan fingerprint density at radius 1 is 1.06 bits per heavy atom. The number of nitrogens with one attached hydrogen (secondary N) is 1. The third kappa shape index (κ3) is 6.57. The van der Waals surface area contributed by atoms with Crippen LogP contribution in [0.2, 0.25) is 5.02 Å². The molecule has 7 nitrogen and oxygen atoms in total. The SMILES string of the molecule is COc1cc(/C=N/NC(=O)COc2ccc(Cl)cc2)ccc1OC(=O)c1ccccc1Br. The monoisotopic (exact) mass is 516 g/mol. The molecule has 0 bridgehead atoms. The van der Waals surface area contributed by atoms with Crippen molar-refractivity contribution in [2.45, 2.75) is 0 Å². The zero-order chi connectivity index (χ0) is 22.9. The summed E-state index contributed by atoms with van der Waals surface area (Å²) in [6.07, 6.45) is 1.43. The Morgan fingerprint density at radius 2 is 1.81 bits per heavy atom. The van der Waals surface area contributed by atoms with Gasteiger partial charge in [-0.15, -0.1) is 0 Å². The van der Waals surface area contributed by atoms with Crippen LogP contribution in [0.25, 0.3) is 0 Å². The summed E-state index contributed by atoms with van der Waals surface area (Å²) in [6, 6.07) is 18.5. The normalized spacial score (nSPS) is 10.6. The quantitative estimate of drug-likeness (QED) is 0.200. The summed E-state index contributed by atoms with van der Waals surface area (Å²) in [6.45, 7) is -0.202. The summed E-state index contributed by atoms with van der Waals surface area (Å²) >= 11 is 9.13. The highest BCUT2D eigenvalue weighted by atomic mass is 79.9. The number of amides is 1. The molecule has 0 saturated heterocycles. The summed E-state index contributed by atoms with van der Waals surface area (Å²) in [5.41, 5.74) is 3.39. The molecule has 3 rings (SSSR count). The van der Waals surface area contributed by atoms with Gasteiger partial charge < -0.3 is 14.2 Å². The molecule has 0 radical (unpaired) electrons. The second-order valence-electron chi connectivity index (χ2n) is 6.32. The van der Waals surface area contributed by atoms with Gasteiger partial charge in [0.15, 0.2) is 18.1 Å². The van der Waals surface area contributed by atoms with E-state index in [1.807, 2.05) is 0 Å². The van der Waals surface area contributed by atoms with Crippen LogP contribution in [-0.4, -0.2) is 31.8 Å². The second kappa shape index (κ2) is 11.3. The second-order valence-corrected chi connectivity index (χ2v) is 7.61. The molecule has 0 aliphatic heterocycles. The van der Waals surface area contributed by atoms with Gasteiger partial charge in [0.2, 0.25) is 0 Å². The summed E-state index contributed by atoms with van der Waals surface area (Å²) in [7, 11) is 1.46. The number of nitrogens with zero attached hydrogens (tertiary/aromatic N) is 1. The van der Waals surface area contributed by atoms with E-state index in [0.29, 0.717) is 32.1 Å². The molecule has 0 spiro atoms. The average Bonchev–Trinajstić information content (AvgIpc) is 2.79. The molecule has 0 saturated carbocycles. The van der Waals surface area contributed by atoms with Crippen molar-refractivity contribution in [1.29, 1.82) is 0 Å². The Bertz CT molecular complexity index is 1140. The third-order valence-corrected chi connectivity index (χ3v) is 5.01. The summed E-state index contributed by atoms with van der Waals surface area (Å²) in [5.74, 6) is 0.163. The van der Waals surface area contributed by atoms with E-state index >= 15 is 0 Å². The summed E-state index contributed by atoms with van der Waals surface area (Å²) < 4.78 is 16.7. The van der Waals surface area contributed by atoms with Gasteiger partial charge in [-0.1, -0.05) is 23.7 Å². The van der Waals surface area contributed by atoms with Crippen LogP contribution < -0.4 is 19.6 Å². The maximum Gasteiger partial charge on any atom is 0.344 e. The van der Waals surface area contributed by atoms with Crippen molar-refractivity contribution in [1.82, 2.24) is 5.43 Å². The van der Waals surface area contributed by atoms with E-state index in [4.69, 9.17) is 25.8 Å². The first-order chi connectivity index (χ1) is 15.5. The molecule has 0 unspecified atom stereocenters. The number of carbonyl (C=O) groups excluding carboxylic acids is 2. The fourth-order valence-corrected chi connectivity index (χ4v) is 3.09. The minimum Gasteiger partial charge on any atom is -0.493 e. The molecule has 1 amide bonds. The molecule has 32 heavy (non-hydrogen) atoms. The van der Waals surface area contributed by atoms with Gasteiger partial charge in [0.05, 0.1) is 18.9 Å². The predicted octanol–water partition coefficient (Wildman–Crippen LogP) is 4.86. The lowest BCUT2D eigenvalue weighted by molar-refractivity contribution is -0.123. The van der Waals surface area contributed by atoms with Gasteiger partial charge in [0.1, 0.15) is 5.75 Å². The molecular formula is C23H18BrClN2O5. The van der Waals surface area contributed by atoms with Crippen molar-refractivity contribution in [3.8, 4) is 17.2 Å². The Balaban J connectivity index is 1.57. The van der Waals surface area contributed by atoms with Gasteiger partial charge in [-0.2, -0.15) is 5.10 Å². The highest BCUT2D eigenvalue weighted by Gasteiger charge is 2.15. The predicted molar refractivity (Wildman–Crippen MR) is 125 cm³/mol. The number of benzene rings is 3. The van der Waals surface area contributed by atoms with Crippen molar-refractivity contribution in [3.05, 3.63) is 87.4 Å². The molecule has 0 aliphatic rings. The van der Waals surface area contributed by atoms with E-state index < -0.39 is 11.9 Å². The maximum atomic E-state index is 12.4. The highest BCUT2D eigenvalue weighted by molar-refractivity contribution is 9.10. The number of rotatable bonds is 8. The van der Waals surface area contributed by atoms with Crippen LogP contribution in [0.5, 0.6) is 17.2 Å². The van der Waals surface area contributed by atoms with Crippen LogP contribution in [0.3, 0.4) is 0 Å². The van der Waals surface area contributed by atoms with E-state index in [1.165, 1.54) is 13.3 Å². The zero-order valence-electron chi connectivity index (χ0n) is 16.9. The molecule has 164 valence electrons. The van der Waals surface area contributed by atoms with Crippen LogP contribution in [-0.2, 0) is 4.79 Å². The molecular weight excluding hydrogens is 500 g/mol. The maximum absolute atomic E-state index is 12.4. The third-order valence-electron chi connectivity index (χ3n) is 4.07. The van der Waals surface area contributed by atoms with Gasteiger partial charge in [0.25, 0.3) is 5.91 Å². The van der Waals surface area contributed by atoms with E-state index in [9.17, 15) is 9.59 Å². The lowest BCUT2D eigenvalue weighted by Crippen LogP contribution is -2.24. The van der Waals surface area contributed by atoms with E-state index in [1.54, 1.807) is 66.7 Å². The number of carbonyl (C=O) groups is 2. The topological polar surface area (TPSA) is 86.2 Å². The molecule has 1 N–H and O–H groups in total. The summed E-state index contributed by atoms with van der Waals surface area (Å²) in [4.78, 5) is 24.3. The fraction of sp³-hybridized carbons (Fsp3) is 0.0870. The van der Waals surface area contributed by atoms with Gasteiger partial charge in [0, 0.05) is 9.50 Å². The van der Waals surface area contributed by atoms with Crippen molar-refractivity contribution < 1.29 is 23.8 Å². The van der Waals surface area contributed by atoms with Crippen molar-refractivity contribution in [2.75, 3.05) is 13.7 Å². The Labute approximate surface area is 198 Å². The van der Waals surface area contributed by atoms with E-state index in [0.717, 1.165) is 0 Å². The lowest BCUT2D eigenvalue weighted by atomic mass is 10.2. The smallest absolute Gasteiger partial charge is 0.344 e. The standard InChI is InChI=1S/C23H18BrClN2O5/c1-30-21-12-15(6-11-20(21)32-23(29)18-4-2-3-5-19(18)24)13-26-27-22(28)14-31-17-9-7-16(25)8-10-17/h2-13H,14H2,1H3,(H,27,28)/b26-13+. The van der Waals surface area contributed by atoms with Crippen LogP contribution in [0.15, 0.2) is 76.3 Å². The molecule has 3 aromatic carbocycles. The first-order valence-corrected chi connectivity index (χ1v) is 10.5. The number of halogens is 2. The number of hydrogen-bond donors (Lipinski definition) is 1. The van der Waals surface area contributed by atoms with Crippen LogP contribution in [0.1, 0.15) is 15.9 Å². The molecule has 0 atom stereocenters.